The van der Waals surface area contributed by atoms with Gasteiger partial charge in [0.2, 0.25) is 0 Å². The van der Waals surface area contributed by atoms with Crippen LogP contribution in [0, 0.1) is 5.82 Å². The van der Waals surface area contributed by atoms with Gasteiger partial charge in [-0.15, -0.1) is 0 Å². The van der Waals surface area contributed by atoms with Crippen LogP contribution in [0.1, 0.15) is 29.9 Å². The Bertz CT molecular complexity index is 611. The van der Waals surface area contributed by atoms with E-state index in [1.54, 1.807) is 23.2 Å². The Hall–Kier alpha value is -1.75. The van der Waals surface area contributed by atoms with E-state index in [9.17, 15) is 9.18 Å². The van der Waals surface area contributed by atoms with Gasteiger partial charge in [0, 0.05) is 16.7 Å². The highest BCUT2D eigenvalue weighted by molar-refractivity contribution is 9.10. The molecule has 1 heterocycles. The van der Waals surface area contributed by atoms with E-state index in [2.05, 4.69) is 20.9 Å². The molecule has 0 bridgehead atoms. The molecule has 0 radical (unpaired) electrons. The number of hydrogen-bond acceptors (Lipinski definition) is 2. The fraction of sp³-hybridized carbons (Fsp3) is 0.250. The summed E-state index contributed by atoms with van der Waals surface area (Å²) in [6, 6.07) is 9.98. The average Bonchev–Trinajstić information content (AvgIpc) is 2.45. The summed E-state index contributed by atoms with van der Waals surface area (Å²) in [5.74, 6) is -0.873. The topological polar surface area (TPSA) is 33.2 Å². The highest BCUT2D eigenvalue weighted by Gasteiger charge is 2.24. The predicted molar refractivity (Wildman–Crippen MR) is 83.3 cm³/mol. The molecule has 0 saturated heterocycles. The average molecular weight is 351 g/mol. The Morgan fingerprint density at radius 2 is 2.05 bits per heavy atom. The summed E-state index contributed by atoms with van der Waals surface area (Å²) in [5.41, 5.74) is 0.828. The summed E-state index contributed by atoms with van der Waals surface area (Å²) >= 11 is 3.25. The lowest BCUT2D eigenvalue weighted by atomic mass is 10.1. The number of halogens is 2. The van der Waals surface area contributed by atoms with Gasteiger partial charge in [0.1, 0.15) is 5.82 Å². The molecule has 0 fully saturated rings. The van der Waals surface area contributed by atoms with E-state index in [4.69, 9.17) is 0 Å². The predicted octanol–water partition coefficient (Wildman–Crippen LogP) is 4.03. The Labute approximate surface area is 131 Å². The van der Waals surface area contributed by atoms with E-state index in [-0.39, 0.29) is 17.5 Å². The van der Waals surface area contributed by atoms with Crippen molar-refractivity contribution in [3.63, 3.8) is 0 Å². The van der Waals surface area contributed by atoms with Crippen LogP contribution in [0.15, 0.2) is 47.1 Å². The quantitative estimate of drug-likeness (QED) is 0.833. The standard InChI is InChI=1S/C16H16BrFN2O/c1-11(2)20(10-12-6-3-4-9-19-12)16(21)15-13(17)7-5-8-14(15)18/h3-9,11H,10H2,1-2H3. The van der Waals surface area contributed by atoms with Crippen LogP contribution in [0.25, 0.3) is 0 Å². The van der Waals surface area contributed by atoms with E-state index in [1.165, 1.54) is 6.07 Å². The molecule has 0 aliphatic heterocycles. The van der Waals surface area contributed by atoms with Gasteiger partial charge in [-0.05, 0) is 54.0 Å². The first-order valence-electron chi connectivity index (χ1n) is 6.65. The van der Waals surface area contributed by atoms with Gasteiger partial charge < -0.3 is 4.90 Å². The molecule has 0 aliphatic carbocycles. The number of aromatic nitrogens is 1. The number of pyridine rings is 1. The van der Waals surface area contributed by atoms with Crippen molar-refractivity contribution in [2.45, 2.75) is 26.4 Å². The molecular formula is C16H16BrFN2O. The second-order valence-electron chi connectivity index (χ2n) is 4.94. The molecule has 2 rings (SSSR count). The number of hydrogen-bond donors (Lipinski definition) is 0. The molecule has 1 aromatic carbocycles. The lowest BCUT2D eigenvalue weighted by molar-refractivity contribution is 0.0682. The number of nitrogens with zero attached hydrogens (tertiary/aromatic N) is 2. The smallest absolute Gasteiger partial charge is 0.258 e. The number of benzene rings is 1. The van der Waals surface area contributed by atoms with Gasteiger partial charge in [-0.25, -0.2) is 4.39 Å². The van der Waals surface area contributed by atoms with E-state index in [1.807, 2.05) is 32.0 Å². The van der Waals surface area contributed by atoms with Crippen LogP contribution in [-0.4, -0.2) is 21.8 Å². The van der Waals surface area contributed by atoms with Gasteiger partial charge >= 0.3 is 0 Å². The van der Waals surface area contributed by atoms with Crippen molar-refractivity contribution in [1.82, 2.24) is 9.88 Å². The lowest BCUT2D eigenvalue weighted by Crippen LogP contribution is -2.37. The minimum absolute atomic E-state index is 0.0575. The van der Waals surface area contributed by atoms with Crippen molar-refractivity contribution in [3.8, 4) is 0 Å². The molecule has 5 heteroatoms. The largest absolute Gasteiger partial charge is 0.330 e. The molecule has 0 atom stereocenters. The monoisotopic (exact) mass is 350 g/mol. The maximum Gasteiger partial charge on any atom is 0.258 e. The molecule has 0 saturated carbocycles. The van der Waals surface area contributed by atoms with Crippen molar-refractivity contribution < 1.29 is 9.18 Å². The maximum absolute atomic E-state index is 14.0. The Morgan fingerprint density at radius 1 is 1.29 bits per heavy atom. The number of carbonyl (C=O) groups excluding carboxylic acids is 1. The van der Waals surface area contributed by atoms with Crippen LogP contribution in [0.5, 0.6) is 0 Å². The summed E-state index contributed by atoms with van der Waals surface area (Å²) in [6.45, 7) is 4.14. The van der Waals surface area contributed by atoms with Crippen molar-refractivity contribution in [2.75, 3.05) is 0 Å². The summed E-state index contributed by atoms with van der Waals surface area (Å²) in [5, 5.41) is 0. The fourth-order valence-corrected chi connectivity index (χ4v) is 2.51. The molecule has 0 aliphatic rings. The zero-order valence-corrected chi connectivity index (χ0v) is 13.5. The Balaban J connectivity index is 2.32. The molecule has 110 valence electrons. The third-order valence-electron chi connectivity index (χ3n) is 3.12. The fourth-order valence-electron chi connectivity index (χ4n) is 2.00. The molecule has 0 unspecified atom stereocenters. The highest BCUT2D eigenvalue weighted by atomic mass is 79.9. The van der Waals surface area contributed by atoms with E-state index < -0.39 is 5.82 Å². The van der Waals surface area contributed by atoms with Crippen molar-refractivity contribution >= 4 is 21.8 Å². The molecule has 1 amide bonds. The summed E-state index contributed by atoms with van der Waals surface area (Å²) in [7, 11) is 0. The van der Waals surface area contributed by atoms with E-state index in [0.29, 0.717) is 11.0 Å². The van der Waals surface area contributed by atoms with Gasteiger partial charge in [0.25, 0.3) is 5.91 Å². The number of rotatable bonds is 4. The minimum atomic E-state index is -0.527. The van der Waals surface area contributed by atoms with Crippen LogP contribution in [0.4, 0.5) is 4.39 Å². The van der Waals surface area contributed by atoms with E-state index >= 15 is 0 Å². The van der Waals surface area contributed by atoms with Crippen LogP contribution < -0.4 is 0 Å². The van der Waals surface area contributed by atoms with Crippen LogP contribution in [0.3, 0.4) is 0 Å². The number of amides is 1. The molecule has 21 heavy (non-hydrogen) atoms. The van der Waals surface area contributed by atoms with Gasteiger partial charge in [0.15, 0.2) is 0 Å². The van der Waals surface area contributed by atoms with Crippen LogP contribution in [0.2, 0.25) is 0 Å². The first kappa shape index (κ1) is 15.6. The molecular weight excluding hydrogens is 335 g/mol. The van der Waals surface area contributed by atoms with E-state index in [0.717, 1.165) is 5.69 Å². The van der Waals surface area contributed by atoms with Gasteiger partial charge in [-0.1, -0.05) is 12.1 Å². The van der Waals surface area contributed by atoms with Crippen molar-refractivity contribution in [3.05, 3.63) is 64.1 Å². The van der Waals surface area contributed by atoms with Gasteiger partial charge in [0.05, 0.1) is 17.8 Å². The van der Waals surface area contributed by atoms with Gasteiger partial charge in [-0.3, -0.25) is 9.78 Å². The van der Waals surface area contributed by atoms with Gasteiger partial charge in [-0.2, -0.15) is 0 Å². The molecule has 2 aromatic rings. The first-order chi connectivity index (χ1) is 10.0. The van der Waals surface area contributed by atoms with Crippen LogP contribution in [-0.2, 0) is 6.54 Å². The van der Waals surface area contributed by atoms with Crippen molar-refractivity contribution in [2.24, 2.45) is 0 Å². The van der Waals surface area contributed by atoms with Crippen LogP contribution >= 0.6 is 15.9 Å². The third kappa shape index (κ3) is 3.67. The first-order valence-corrected chi connectivity index (χ1v) is 7.45. The second-order valence-corrected chi connectivity index (χ2v) is 5.80. The molecule has 0 N–H and O–H groups in total. The third-order valence-corrected chi connectivity index (χ3v) is 3.78. The van der Waals surface area contributed by atoms with Crippen molar-refractivity contribution in [1.29, 1.82) is 0 Å². The Kier molecular flexibility index (Phi) is 5.07. The summed E-state index contributed by atoms with van der Waals surface area (Å²) in [6.07, 6.45) is 1.68. The molecule has 0 spiro atoms. The SMILES string of the molecule is CC(C)N(Cc1ccccn1)C(=O)c1c(F)cccc1Br. The lowest BCUT2D eigenvalue weighted by Gasteiger charge is -2.27. The zero-order valence-electron chi connectivity index (χ0n) is 11.9. The highest BCUT2D eigenvalue weighted by Crippen LogP contribution is 2.23. The zero-order chi connectivity index (χ0) is 15.4. The number of carbonyl (C=O) groups is 1. The molecule has 1 aromatic heterocycles. The minimum Gasteiger partial charge on any atom is -0.330 e. The summed E-state index contributed by atoms with van der Waals surface area (Å²) < 4.78 is 14.4. The normalized spacial score (nSPS) is 10.7. The Morgan fingerprint density at radius 3 is 2.62 bits per heavy atom. The maximum atomic E-state index is 14.0. The summed E-state index contributed by atoms with van der Waals surface area (Å²) in [4.78, 5) is 18.5. The second kappa shape index (κ2) is 6.80. The molecule has 3 nitrogen and oxygen atoms in total.